The van der Waals surface area contributed by atoms with Gasteiger partial charge in [-0.3, -0.25) is 0 Å². The first-order valence-corrected chi connectivity index (χ1v) is 14.0. The van der Waals surface area contributed by atoms with E-state index in [0.717, 1.165) is 69.5 Å². The molecule has 0 radical (unpaired) electrons. The number of hydrogen-bond donors (Lipinski definition) is 1. The quantitative estimate of drug-likeness (QED) is 0.220. The first-order chi connectivity index (χ1) is 17.7. The van der Waals surface area contributed by atoms with E-state index in [2.05, 4.69) is 17.5 Å². The lowest BCUT2D eigenvalue weighted by molar-refractivity contribution is 0.283. The maximum Gasteiger partial charge on any atom is 0.143 e. The smallest absolute Gasteiger partial charge is 0.143 e. The molecular formula is C31H35NO3S. The summed E-state index contributed by atoms with van der Waals surface area (Å²) in [6.45, 7) is 0.764. The van der Waals surface area contributed by atoms with Crippen molar-refractivity contribution in [2.75, 3.05) is 19.5 Å². The summed E-state index contributed by atoms with van der Waals surface area (Å²) in [4.78, 5) is 0. The minimum Gasteiger partial charge on any atom is -0.497 e. The SMILES string of the molecule is COc1ccc2c(Oc3ccc(OCCCCC4CCCCC4)cc3)c(-c3cscc3N)ccc2c1. The third-order valence-corrected chi connectivity index (χ3v) is 7.97. The van der Waals surface area contributed by atoms with Gasteiger partial charge in [-0.05, 0) is 72.7 Å². The number of rotatable bonds is 10. The molecule has 1 aromatic heterocycles. The van der Waals surface area contributed by atoms with Crippen LogP contribution in [0.15, 0.2) is 65.4 Å². The van der Waals surface area contributed by atoms with E-state index in [-0.39, 0.29) is 0 Å². The van der Waals surface area contributed by atoms with Crippen molar-refractivity contribution in [3.63, 3.8) is 0 Å². The lowest BCUT2D eigenvalue weighted by Crippen LogP contribution is -2.06. The molecule has 0 spiro atoms. The molecule has 2 N–H and O–H groups in total. The Morgan fingerprint density at radius 1 is 0.833 bits per heavy atom. The molecule has 0 amide bonds. The van der Waals surface area contributed by atoms with Crippen LogP contribution in [0.2, 0.25) is 0 Å². The monoisotopic (exact) mass is 501 g/mol. The molecule has 188 valence electrons. The lowest BCUT2D eigenvalue weighted by atomic mass is 9.86. The molecule has 0 bridgehead atoms. The van der Waals surface area contributed by atoms with Gasteiger partial charge in [-0.1, -0.05) is 44.6 Å². The zero-order valence-corrected chi connectivity index (χ0v) is 21.8. The van der Waals surface area contributed by atoms with Gasteiger partial charge in [0, 0.05) is 27.3 Å². The largest absolute Gasteiger partial charge is 0.497 e. The molecule has 5 rings (SSSR count). The fraction of sp³-hybridized carbons (Fsp3) is 0.355. The maximum atomic E-state index is 6.49. The average molecular weight is 502 g/mol. The van der Waals surface area contributed by atoms with Gasteiger partial charge < -0.3 is 19.9 Å². The summed E-state index contributed by atoms with van der Waals surface area (Å²) in [6, 6.07) is 18.1. The predicted octanol–water partition coefficient (Wildman–Crippen LogP) is 9.08. The van der Waals surface area contributed by atoms with Crippen LogP contribution in [-0.2, 0) is 0 Å². The third kappa shape index (κ3) is 5.79. The molecule has 1 aliphatic rings. The van der Waals surface area contributed by atoms with Crippen molar-refractivity contribution in [1.82, 2.24) is 0 Å². The zero-order valence-electron chi connectivity index (χ0n) is 21.0. The highest BCUT2D eigenvalue weighted by Crippen LogP contribution is 2.43. The Kier molecular flexibility index (Phi) is 7.97. The third-order valence-electron chi connectivity index (χ3n) is 7.20. The van der Waals surface area contributed by atoms with Gasteiger partial charge in [0.25, 0.3) is 0 Å². The van der Waals surface area contributed by atoms with Crippen molar-refractivity contribution in [3.8, 4) is 34.1 Å². The molecular weight excluding hydrogens is 466 g/mol. The summed E-state index contributed by atoms with van der Waals surface area (Å²) in [5.74, 6) is 4.19. The van der Waals surface area contributed by atoms with E-state index in [1.54, 1.807) is 18.4 Å². The number of benzene rings is 3. The summed E-state index contributed by atoms with van der Waals surface area (Å²) in [5, 5.41) is 6.09. The number of hydrogen-bond acceptors (Lipinski definition) is 5. The van der Waals surface area contributed by atoms with Crippen molar-refractivity contribution >= 4 is 27.8 Å². The summed E-state index contributed by atoms with van der Waals surface area (Å²) in [5.41, 5.74) is 8.99. The summed E-state index contributed by atoms with van der Waals surface area (Å²) in [6.07, 6.45) is 10.8. The molecule has 0 saturated heterocycles. The number of nitrogens with two attached hydrogens (primary N) is 1. The van der Waals surface area contributed by atoms with Crippen LogP contribution in [0.25, 0.3) is 21.9 Å². The fourth-order valence-electron chi connectivity index (χ4n) is 5.18. The Balaban J connectivity index is 1.27. The van der Waals surface area contributed by atoms with E-state index in [4.69, 9.17) is 19.9 Å². The number of fused-ring (bicyclic) bond motifs is 1. The van der Waals surface area contributed by atoms with Gasteiger partial charge in [0.1, 0.15) is 23.0 Å². The second-order valence-electron chi connectivity index (χ2n) is 9.69. The Hall–Kier alpha value is -3.18. The number of ether oxygens (including phenoxy) is 3. The topological polar surface area (TPSA) is 53.7 Å². The van der Waals surface area contributed by atoms with Crippen molar-refractivity contribution in [3.05, 3.63) is 65.4 Å². The van der Waals surface area contributed by atoms with Crippen LogP contribution in [0.1, 0.15) is 51.4 Å². The van der Waals surface area contributed by atoms with Gasteiger partial charge in [-0.15, -0.1) is 11.3 Å². The van der Waals surface area contributed by atoms with Crippen LogP contribution in [0.4, 0.5) is 5.69 Å². The van der Waals surface area contributed by atoms with Gasteiger partial charge in [-0.25, -0.2) is 0 Å². The van der Waals surface area contributed by atoms with Gasteiger partial charge in [0.15, 0.2) is 0 Å². The Labute approximate surface area is 218 Å². The van der Waals surface area contributed by atoms with Crippen LogP contribution in [0.3, 0.4) is 0 Å². The van der Waals surface area contributed by atoms with Gasteiger partial charge in [-0.2, -0.15) is 0 Å². The molecule has 1 aliphatic carbocycles. The molecule has 36 heavy (non-hydrogen) atoms. The molecule has 5 heteroatoms. The van der Waals surface area contributed by atoms with Crippen molar-refractivity contribution < 1.29 is 14.2 Å². The molecule has 4 aromatic rings. The standard InChI is InChI=1S/C31H35NO3S/c1-33-26-15-17-27-23(19-26)10-16-28(29-20-36-21-30(29)32)31(27)35-25-13-11-24(12-14-25)34-18-6-5-9-22-7-3-2-4-8-22/h10-17,19-22H,2-9,18,32H2,1H3. The van der Waals surface area contributed by atoms with Crippen molar-refractivity contribution in [2.45, 2.75) is 51.4 Å². The summed E-state index contributed by atoms with van der Waals surface area (Å²) < 4.78 is 17.9. The molecule has 0 unspecified atom stereocenters. The fourth-order valence-corrected chi connectivity index (χ4v) is 5.92. The van der Waals surface area contributed by atoms with Crippen LogP contribution in [0, 0.1) is 5.92 Å². The molecule has 0 atom stereocenters. The number of methoxy groups -OCH3 is 1. The van der Waals surface area contributed by atoms with Gasteiger partial charge in [0.05, 0.1) is 19.4 Å². The molecule has 4 nitrogen and oxygen atoms in total. The molecule has 1 saturated carbocycles. The highest BCUT2D eigenvalue weighted by Gasteiger charge is 2.16. The second-order valence-corrected chi connectivity index (χ2v) is 10.4. The second kappa shape index (κ2) is 11.7. The van der Waals surface area contributed by atoms with E-state index in [0.29, 0.717) is 0 Å². The number of anilines is 1. The van der Waals surface area contributed by atoms with Crippen LogP contribution in [0.5, 0.6) is 23.0 Å². The highest BCUT2D eigenvalue weighted by molar-refractivity contribution is 7.08. The van der Waals surface area contributed by atoms with Crippen LogP contribution in [-0.4, -0.2) is 13.7 Å². The van der Waals surface area contributed by atoms with Gasteiger partial charge in [0.2, 0.25) is 0 Å². The molecule has 3 aromatic carbocycles. The Morgan fingerprint density at radius 3 is 2.36 bits per heavy atom. The first kappa shape index (κ1) is 24.5. The molecule has 1 heterocycles. The maximum absolute atomic E-state index is 6.49. The predicted molar refractivity (Wildman–Crippen MR) is 151 cm³/mol. The zero-order chi connectivity index (χ0) is 24.7. The molecule has 1 fully saturated rings. The van der Waals surface area contributed by atoms with Gasteiger partial charge >= 0.3 is 0 Å². The summed E-state index contributed by atoms with van der Waals surface area (Å²) >= 11 is 1.59. The Morgan fingerprint density at radius 2 is 1.61 bits per heavy atom. The van der Waals surface area contributed by atoms with Crippen molar-refractivity contribution in [2.24, 2.45) is 5.92 Å². The number of thiophene rings is 1. The van der Waals surface area contributed by atoms with E-state index >= 15 is 0 Å². The molecule has 0 aliphatic heterocycles. The summed E-state index contributed by atoms with van der Waals surface area (Å²) in [7, 11) is 1.68. The lowest BCUT2D eigenvalue weighted by Gasteiger charge is -2.21. The number of unbranched alkanes of at least 4 members (excludes halogenated alkanes) is 1. The van der Waals surface area contributed by atoms with E-state index in [1.165, 1.54) is 44.9 Å². The van der Waals surface area contributed by atoms with E-state index < -0.39 is 0 Å². The van der Waals surface area contributed by atoms with E-state index in [1.807, 2.05) is 47.8 Å². The van der Waals surface area contributed by atoms with Crippen molar-refractivity contribution in [1.29, 1.82) is 0 Å². The minimum absolute atomic E-state index is 0.755. The normalized spacial score (nSPS) is 14.1. The van der Waals surface area contributed by atoms with E-state index in [9.17, 15) is 0 Å². The average Bonchev–Trinajstić information content (AvgIpc) is 3.35. The highest BCUT2D eigenvalue weighted by atomic mass is 32.1. The van der Waals surface area contributed by atoms with Crippen LogP contribution < -0.4 is 19.9 Å². The van der Waals surface area contributed by atoms with Crippen LogP contribution >= 0.6 is 11.3 Å². The minimum atomic E-state index is 0.755. The number of nitrogen functional groups attached to an aromatic ring is 1. The first-order valence-electron chi connectivity index (χ1n) is 13.0. The Bertz CT molecular complexity index is 1270.